The van der Waals surface area contributed by atoms with Crippen LogP contribution >= 0.6 is 23.4 Å². The fourth-order valence-electron chi connectivity index (χ4n) is 12.6. The van der Waals surface area contributed by atoms with Crippen LogP contribution in [-0.4, -0.2) is 158 Å². The predicted octanol–water partition coefficient (Wildman–Crippen LogP) is 10.4. The van der Waals surface area contributed by atoms with Crippen LogP contribution in [0, 0.1) is 11.2 Å². The highest BCUT2D eigenvalue weighted by molar-refractivity contribution is 7.99. The van der Waals surface area contributed by atoms with Crippen molar-refractivity contribution in [2.24, 2.45) is 5.41 Å². The summed E-state index contributed by atoms with van der Waals surface area (Å²) in [5, 5.41) is 9.26. The molecule has 3 amide bonds. The van der Waals surface area contributed by atoms with E-state index in [0.717, 1.165) is 113 Å². The number of allylic oxidation sites excluding steroid dienone is 1. The van der Waals surface area contributed by atoms with Crippen LogP contribution in [0.1, 0.15) is 92.1 Å². The third kappa shape index (κ3) is 16.5. The van der Waals surface area contributed by atoms with Gasteiger partial charge in [-0.25, -0.2) is 25.9 Å². The van der Waals surface area contributed by atoms with Gasteiger partial charge >= 0.3 is 5.51 Å². The zero-order chi connectivity index (χ0) is 62.2. The Hall–Kier alpha value is -6.05. The highest BCUT2D eigenvalue weighted by Crippen LogP contribution is 2.45. The number of ether oxygens (including phenoxy) is 1. The number of hydrogen-bond donors (Lipinski definition) is 4. The number of nitrogens with zero attached hydrogens (tertiary/aromatic N) is 4. The number of piperidine rings is 2. The monoisotopic (exact) mass is 1290 g/mol. The van der Waals surface area contributed by atoms with E-state index in [4.69, 9.17) is 16.3 Å². The van der Waals surface area contributed by atoms with Crippen molar-refractivity contribution in [2.45, 2.75) is 103 Å². The van der Waals surface area contributed by atoms with Gasteiger partial charge in [0.15, 0.2) is 0 Å². The third-order valence-corrected chi connectivity index (χ3v) is 21.8. The summed E-state index contributed by atoms with van der Waals surface area (Å²) in [4.78, 5) is 45.8. The first-order valence-electron chi connectivity index (χ1n) is 30.0. The van der Waals surface area contributed by atoms with Gasteiger partial charge in [0.2, 0.25) is 11.8 Å². The number of anilines is 3. The van der Waals surface area contributed by atoms with Crippen LogP contribution in [0.3, 0.4) is 0 Å². The molecule has 10 rings (SSSR count). The number of thioether (sulfide) groups is 1. The van der Waals surface area contributed by atoms with Gasteiger partial charge in [-0.15, -0.1) is 11.8 Å². The van der Waals surface area contributed by atoms with Gasteiger partial charge in [0.1, 0.15) is 16.8 Å². The summed E-state index contributed by atoms with van der Waals surface area (Å²) in [6.45, 7) is 11.6. The lowest BCUT2D eigenvalue weighted by Crippen LogP contribution is -2.48. The van der Waals surface area contributed by atoms with E-state index in [-0.39, 0.29) is 40.9 Å². The molecular formula is C64H75ClF4N8O8S3. The Kier molecular flexibility index (Phi) is 21.0. The van der Waals surface area contributed by atoms with Crippen LogP contribution in [0.5, 0.6) is 0 Å². The molecule has 16 nitrogen and oxygen atoms in total. The van der Waals surface area contributed by atoms with Crippen molar-refractivity contribution >= 4 is 83.6 Å². The zero-order valence-corrected chi connectivity index (χ0v) is 52.3. The van der Waals surface area contributed by atoms with E-state index >= 15 is 4.39 Å². The second-order valence-corrected chi connectivity index (χ2v) is 29.0. The molecule has 0 aromatic heterocycles. The maximum Gasteiger partial charge on any atom is 0.501 e. The van der Waals surface area contributed by atoms with Crippen LogP contribution in [0.15, 0.2) is 136 Å². The lowest BCUT2D eigenvalue weighted by atomic mass is 9.70. The molecule has 0 bridgehead atoms. The van der Waals surface area contributed by atoms with Gasteiger partial charge in [-0.1, -0.05) is 54.4 Å². The van der Waals surface area contributed by atoms with E-state index in [1.165, 1.54) is 41.1 Å². The van der Waals surface area contributed by atoms with E-state index in [2.05, 4.69) is 54.6 Å². The largest absolute Gasteiger partial charge is 0.501 e. The molecule has 5 aliphatic rings. The second-order valence-electron chi connectivity index (χ2n) is 23.9. The van der Waals surface area contributed by atoms with Crippen molar-refractivity contribution in [3.05, 3.63) is 148 Å². The fourth-order valence-corrected chi connectivity index (χ4v) is 15.8. The number of amides is 3. The molecule has 0 spiro atoms. The van der Waals surface area contributed by atoms with Crippen molar-refractivity contribution in [3.63, 3.8) is 0 Å². The molecule has 4 aliphatic heterocycles. The molecule has 1 aliphatic carbocycles. The number of sulfone groups is 1. The van der Waals surface area contributed by atoms with Crippen LogP contribution in [-0.2, 0) is 34.2 Å². The first kappa shape index (κ1) is 64.9. The zero-order valence-electron chi connectivity index (χ0n) is 49.1. The highest BCUT2D eigenvalue weighted by Gasteiger charge is 2.49. The van der Waals surface area contributed by atoms with Crippen molar-refractivity contribution in [1.82, 2.24) is 24.7 Å². The minimum Gasteiger partial charge on any atom is -0.380 e. The molecule has 4 fully saturated rings. The fraction of sp³-hybridized carbons (Fsp3) is 0.453. The summed E-state index contributed by atoms with van der Waals surface area (Å²) >= 11 is 7.80. The van der Waals surface area contributed by atoms with Crippen molar-refractivity contribution in [1.29, 1.82) is 0 Å². The number of nitrogens with one attached hydrogen (secondary N) is 4. The maximum atomic E-state index is 15.4. The van der Waals surface area contributed by atoms with E-state index < -0.39 is 58.8 Å². The topological polar surface area (TPSA) is 190 Å². The van der Waals surface area contributed by atoms with Crippen molar-refractivity contribution < 1.29 is 53.5 Å². The number of sulfonamides is 1. The molecule has 24 heteroatoms. The predicted molar refractivity (Wildman–Crippen MR) is 335 cm³/mol. The SMILES string of the molecule is C[C@@]1(CN2CCC(c3cc(NC4CCC(=O)NC4=O)ccc3F)CC2)CCC(c2ccc(Cl)cc2)=C(CN2CCN(c3ccc(C(=O)NS(=O)(=O)c4ccc(N[C@H](CCN5CCCOCC5)CSc5ccccc5)c(S(=O)(=O)C(F)(F)F)c4)cc3)CC2)C1. The molecule has 88 heavy (non-hydrogen) atoms. The number of halogens is 5. The lowest BCUT2D eigenvalue weighted by molar-refractivity contribution is -0.133. The number of benzene rings is 5. The van der Waals surface area contributed by atoms with Crippen LogP contribution in [0.4, 0.5) is 34.6 Å². The van der Waals surface area contributed by atoms with E-state index in [9.17, 15) is 44.4 Å². The van der Waals surface area contributed by atoms with E-state index in [1.807, 2.05) is 53.3 Å². The Morgan fingerprint density at radius 3 is 2.27 bits per heavy atom. The molecule has 472 valence electrons. The number of hydrogen-bond acceptors (Lipinski definition) is 15. The van der Waals surface area contributed by atoms with Crippen LogP contribution in [0.2, 0.25) is 5.02 Å². The molecule has 5 aromatic carbocycles. The molecule has 0 saturated carbocycles. The highest BCUT2D eigenvalue weighted by atomic mass is 35.5. The van der Waals surface area contributed by atoms with Gasteiger partial charge in [0, 0.05) is 111 Å². The number of imide groups is 1. The number of piperazine rings is 1. The molecule has 1 unspecified atom stereocenters. The van der Waals surface area contributed by atoms with Crippen molar-refractivity contribution in [2.75, 3.05) is 106 Å². The average molecular weight is 1290 g/mol. The number of carbonyl (C=O) groups is 3. The van der Waals surface area contributed by atoms with E-state index in [0.29, 0.717) is 80.3 Å². The minimum atomic E-state index is -6.10. The van der Waals surface area contributed by atoms with Gasteiger partial charge in [-0.05, 0) is 177 Å². The number of likely N-dealkylation sites (tertiary alicyclic amines) is 1. The third-order valence-electron chi connectivity index (χ3n) is 17.5. The standard InChI is InChI=1S/C64H75ClF4N8O8S3/c1-63(43-76-28-23-45(24-29-76)55-38-49(14-18-56(55)66)70-58-20-21-60(78)72-62(58)80)26-22-54(44-8-12-48(65)13-9-44)47(40-63)41-75-31-33-77(34-32-75)51-15-10-46(11-16-51)61(79)73-88(83,84)53-17-19-57(59(39-53)87(81,82)64(67,68)69)71-50(42-86-52-6-3-2-4-7-52)25-30-74-27-5-36-85-37-35-74/h2-4,6-19,38-39,45,50,58,70-71H,5,20-37,40-43H2,1H3,(H,73,79)(H,72,78,80)/t50-,58?,63-/m1/s1. The minimum absolute atomic E-state index is 0.0155. The Morgan fingerprint density at radius 2 is 1.56 bits per heavy atom. The molecule has 5 aromatic rings. The summed E-state index contributed by atoms with van der Waals surface area (Å²) < 4.78 is 120. The van der Waals surface area contributed by atoms with Gasteiger partial charge < -0.3 is 30.1 Å². The normalized spacial score (nSPS) is 21.2. The second kappa shape index (κ2) is 28.4. The molecule has 3 atom stereocenters. The summed E-state index contributed by atoms with van der Waals surface area (Å²) in [5.74, 6) is -1.60. The molecule has 4 N–H and O–H groups in total. The van der Waals surface area contributed by atoms with Crippen molar-refractivity contribution in [3.8, 4) is 0 Å². The van der Waals surface area contributed by atoms with Gasteiger partial charge in [0.05, 0.1) is 17.2 Å². The van der Waals surface area contributed by atoms with Gasteiger partial charge in [-0.3, -0.25) is 24.6 Å². The first-order chi connectivity index (χ1) is 42.1. The molecule has 0 radical (unpaired) electrons. The number of alkyl halides is 3. The Bertz CT molecular complexity index is 3550. The van der Waals surface area contributed by atoms with Gasteiger partial charge in [0.25, 0.3) is 25.8 Å². The smallest absolute Gasteiger partial charge is 0.380 e. The maximum absolute atomic E-state index is 15.4. The quantitative estimate of drug-likeness (QED) is 0.0308. The summed E-state index contributed by atoms with van der Waals surface area (Å²) in [6, 6.07) is 30.0. The van der Waals surface area contributed by atoms with Gasteiger partial charge in [-0.2, -0.15) is 13.2 Å². The molecule has 4 saturated heterocycles. The van der Waals surface area contributed by atoms with E-state index in [1.54, 1.807) is 18.2 Å². The Morgan fingerprint density at radius 1 is 0.818 bits per heavy atom. The number of carbonyl (C=O) groups excluding carboxylic acids is 3. The molecule has 4 heterocycles. The Balaban J connectivity index is 0.757. The summed E-state index contributed by atoms with van der Waals surface area (Å²) in [5.41, 5.74) is -0.269. The molecular weight excluding hydrogens is 1220 g/mol. The lowest BCUT2D eigenvalue weighted by Gasteiger charge is -2.44. The average Bonchev–Trinajstić information content (AvgIpc) is 1.17. The van der Waals surface area contributed by atoms with Crippen LogP contribution in [0.25, 0.3) is 5.57 Å². The Labute approximate surface area is 522 Å². The van der Waals surface area contributed by atoms with Crippen LogP contribution < -0.4 is 25.6 Å². The summed E-state index contributed by atoms with van der Waals surface area (Å²) in [6.07, 6.45) is 6.25. The summed E-state index contributed by atoms with van der Waals surface area (Å²) in [7, 11) is -11.0. The number of rotatable bonds is 21. The first-order valence-corrected chi connectivity index (χ1v) is 34.3.